The summed E-state index contributed by atoms with van der Waals surface area (Å²) in [5.41, 5.74) is 7.27. The molecule has 3 aromatic rings. The largest absolute Gasteiger partial charge is 0.495 e. The highest BCUT2D eigenvalue weighted by atomic mass is 16.5. The van der Waals surface area contributed by atoms with Gasteiger partial charge in [-0.05, 0) is 107 Å². The molecule has 1 aliphatic carbocycles. The van der Waals surface area contributed by atoms with Gasteiger partial charge in [-0.15, -0.1) is 0 Å². The van der Waals surface area contributed by atoms with Gasteiger partial charge in [0.2, 0.25) is 0 Å². The van der Waals surface area contributed by atoms with E-state index in [1.165, 1.54) is 5.56 Å². The molecule has 0 N–H and O–H groups in total. The Morgan fingerprint density at radius 2 is 1.83 bits per heavy atom. The molecule has 0 radical (unpaired) electrons. The van der Waals surface area contributed by atoms with Gasteiger partial charge in [0.25, 0.3) is 5.91 Å². The fraction of sp³-hybridized carbons (Fsp3) is 0.500. The third-order valence-electron chi connectivity index (χ3n) is 8.94. The van der Waals surface area contributed by atoms with E-state index in [0.29, 0.717) is 18.4 Å². The smallest absolute Gasteiger partial charge is 0.265 e. The molecule has 0 spiro atoms. The fourth-order valence-corrected chi connectivity index (χ4v) is 6.50. The summed E-state index contributed by atoms with van der Waals surface area (Å²) in [6.45, 7) is 8.26. The van der Waals surface area contributed by atoms with Crippen LogP contribution in [0.4, 0.5) is 11.4 Å². The summed E-state index contributed by atoms with van der Waals surface area (Å²) in [6.07, 6.45) is 7.25. The molecular weight excluding hydrogens is 526 g/mol. The Hall–Kier alpha value is -3.65. The number of anilines is 2. The van der Waals surface area contributed by atoms with Crippen LogP contribution in [-0.4, -0.2) is 73.8 Å². The van der Waals surface area contributed by atoms with E-state index in [0.717, 1.165) is 89.9 Å². The van der Waals surface area contributed by atoms with Crippen molar-refractivity contribution < 1.29 is 14.3 Å². The van der Waals surface area contributed by atoms with Gasteiger partial charge >= 0.3 is 0 Å². The van der Waals surface area contributed by atoms with Gasteiger partial charge in [-0.2, -0.15) is 0 Å². The van der Waals surface area contributed by atoms with Crippen LogP contribution in [0.15, 0.2) is 36.5 Å². The van der Waals surface area contributed by atoms with Crippen LogP contribution in [0.2, 0.25) is 0 Å². The first-order chi connectivity index (χ1) is 20.2. The van der Waals surface area contributed by atoms with Crippen LogP contribution in [0.25, 0.3) is 11.3 Å². The maximum atomic E-state index is 12.8. The Morgan fingerprint density at radius 3 is 2.50 bits per heavy atom. The Labute approximate surface area is 249 Å². The van der Waals surface area contributed by atoms with Crippen molar-refractivity contribution in [3.8, 4) is 22.8 Å². The lowest BCUT2D eigenvalue weighted by Gasteiger charge is -2.37. The topological polar surface area (TPSA) is 71.0 Å². The molecule has 2 aromatic carbocycles. The first-order valence-electron chi connectivity index (χ1n) is 15.3. The van der Waals surface area contributed by atoms with Crippen LogP contribution in [0.3, 0.4) is 0 Å². The van der Waals surface area contributed by atoms with Crippen LogP contribution in [0.1, 0.15) is 68.0 Å². The summed E-state index contributed by atoms with van der Waals surface area (Å²) < 4.78 is 11.8. The number of ether oxygens (including phenoxy) is 2. The van der Waals surface area contributed by atoms with Crippen LogP contribution < -0.4 is 19.3 Å². The summed E-state index contributed by atoms with van der Waals surface area (Å²) in [4.78, 5) is 29.4. The Bertz CT molecular complexity index is 1470. The monoisotopic (exact) mass is 569 g/mol. The maximum absolute atomic E-state index is 12.8. The lowest BCUT2D eigenvalue weighted by atomic mass is 9.99. The standard InChI is InChI=1S/C34H43N5O3/c1-21(2)39-29-18-25(15-22(3)34(29)42-20-32(39)40)33-27(24-8-9-24)19-35-31(36-33)17-23-7-10-28(30(16-23)41-6)38-13-11-26(12-14-38)37(4)5/h7,10,15-16,18-19,21,24,26H,8-9,11-14,17,20H2,1-6H3. The molecule has 3 aliphatic rings. The van der Waals surface area contributed by atoms with Gasteiger partial charge < -0.3 is 24.2 Å². The van der Waals surface area contributed by atoms with Gasteiger partial charge in [-0.3, -0.25) is 4.79 Å². The fourth-order valence-electron chi connectivity index (χ4n) is 6.50. The molecular formula is C34H43N5O3. The molecule has 1 saturated heterocycles. The highest BCUT2D eigenvalue weighted by Crippen LogP contribution is 2.46. The van der Waals surface area contributed by atoms with Crippen molar-refractivity contribution in [1.29, 1.82) is 0 Å². The summed E-state index contributed by atoms with van der Waals surface area (Å²) in [6, 6.07) is 11.4. The molecule has 8 heteroatoms. The van der Waals surface area contributed by atoms with E-state index in [9.17, 15) is 4.79 Å². The van der Waals surface area contributed by atoms with Crippen molar-refractivity contribution in [3.05, 3.63) is 59.0 Å². The van der Waals surface area contributed by atoms with Crippen LogP contribution in [0.5, 0.6) is 11.5 Å². The molecule has 3 heterocycles. The van der Waals surface area contributed by atoms with E-state index in [1.807, 2.05) is 31.9 Å². The van der Waals surface area contributed by atoms with Gasteiger partial charge in [0.05, 0.1) is 24.2 Å². The van der Waals surface area contributed by atoms with Crippen LogP contribution in [0, 0.1) is 6.92 Å². The third kappa shape index (κ3) is 5.56. The van der Waals surface area contributed by atoms with Crippen LogP contribution in [-0.2, 0) is 11.2 Å². The maximum Gasteiger partial charge on any atom is 0.265 e. The Kier molecular flexibility index (Phi) is 7.83. The van der Waals surface area contributed by atoms with E-state index >= 15 is 0 Å². The summed E-state index contributed by atoms with van der Waals surface area (Å²) in [7, 11) is 6.09. The van der Waals surface area contributed by atoms with Gasteiger partial charge in [0, 0.05) is 43.4 Å². The number of amides is 1. The third-order valence-corrected chi connectivity index (χ3v) is 8.94. The van der Waals surface area contributed by atoms with E-state index < -0.39 is 0 Å². The highest BCUT2D eigenvalue weighted by Gasteiger charge is 2.32. The molecule has 1 amide bonds. The first-order valence-corrected chi connectivity index (χ1v) is 15.3. The quantitative estimate of drug-likeness (QED) is 0.350. The number of hydrogen-bond donors (Lipinski definition) is 0. The van der Waals surface area contributed by atoms with E-state index in [4.69, 9.17) is 19.4 Å². The normalized spacial score (nSPS) is 17.6. The predicted molar refractivity (Wildman–Crippen MR) is 167 cm³/mol. The Morgan fingerprint density at radius 1 is 1.07 bits per heavy atom. The van der Waals surface area contributed by atoms with Crippen molar-refractivity contribution >= 4 is 17.3 Å². The van der Waals surface area contributed by atoms with E-state index in [1.54, 1.807) is 7.11 Å². The molecule has 0 atom stereocenters. The molecule has 0 bridgehead atoms. The molecule has 2 fully saturated rings. The zero-order valence-electron chi connectivity index (χ0n) is 25.8. The number of nitrogens with zero attached hydrogens (tertiary/aromatic N) is 5. The zero-order chi connectivity index (χ0) is 29.5. The van der Waals surface area contributed by atoms with E-state index in [2.05, 4.69) is 54.2 Å². The number of aryl methyl sites for hydroxylation is 1. The van der Waals surface area contributed by atoms with Crippen molar-refractivity contribution in [2.75, 3.05) is 50.7 Å². The molecule has 1 saturated carbocycles. The number of benzene rings is 2. The zero-order valence-corrected chi connectivity index (χ0v) is 25.8. The number of methoxy groups -OCH3 is 1. The summed E-state index contributed by atoms with van der Waals surface area (Å²) in [5.74, 6) is 2.93. The van der Waals surface area contributed by atoms with Gasteiger partial charge in [0.15, 0.2) is 6.61 Å². The summed E-state index contributed by atoms with van der Waals surface area (Å²) in [5, 5.41) is 0. The molecule has 42 heavy (non-hydrogen) atoms. The minimum atomic E-state index is -0.0145. The van der Waals surface area contributed by atoms with E-state index in [-0.39, 0.29) is 18.6 Å². The minimum Gasteiger partial charge on any atom is -0.495 e. The van der Waals surface area contributed by atoms with Crippen molar-refractivity contribution in [2.24, 2.45) is 0 Å². The number of piperidine rings is 1. The minimum absolute atomic E-state index is 0.0145. The van der Waals surface area contributed by atoms with Gasteiger partial charge in [-0.1, -0.05) is 6.07 Å². The molecule has 8 nitrogen and oxygen atoms in total. The predicted octanol–water partition coefficient (Wildman–Crippen LogP) is 5.59. The van der Waals surface area contributed by atoms with Crippen molar-refractivity contribution in [1.82, 2.24) is 14.9 Å². The second-order valence-corrected chi connectivity index (χ2v) is 12.5. The summed E-state index contributed by atoms with van der Waals surface area (Å²) >= 11 is 0. The number of carbonyl (C=O) groups is 1. The number of aromatic nitrogens is 2. The lowest BCUT2D eigenvalue weighted by Crippen LogP contribution is -2.43. The van der Waals surface area contributed by atoms with Gasteiger partial charge in [0.1, 0.15) is 17.3 Å². The number of rotatable bonds is 8. The van der Waals surface area contributed by atoms with Crippen molar-refractivity contribution in [2.45, 2.75) is 70.9 Å². The number of hydrogen-bond acceptors (Lipinski definition) is 7. The molecule has 0 unspecified atom stereocenters. The average molecular weight is 570 g/mol. The SMILES string of the molecule is COc1cc(Cc2ncc(C3CC3)c(-c3cc(C)c4c(c3)N(C(C)C)C(=O)CO4)n2)ccc1N1CCC(N(C)C)CC1. The second-order valence-electron chi connectivity index (χ2n) is 12.5. The Balaban J connectivity index is 1.30. The lowest BCUT2D eigenvalue weighted by molar-refractivity contribution is -0.121. The van der Waals surface area contributed by atoms with Crippen molar-refractivity contribution in [3.63, 3.8) is 0 Å². The second kappa shape index (κ2) is 11.6. The number of fused-ring (bicyclic) bond motifs is 1. The highest BCUT2D eigenvalue weighted by molar-refractivity contribution is 5.99. The molecule has 2 aliphatic heterocycles. The molecule has 222 valence electrons. The first kappa shape index (κ1) is 28.5. The average Bonchev–Trinajstić information content (AvgIpc) is 3.82. The van der Waals surface area contributed by atoms with Gasteiger partial charge in [-0.25, -0.2) is 9.97 Å². The number of carbonyl (C=O) groups excluding carboxylic acids is 1. The molecule has 1 aromatic heterocycles. The molecule has 6 rings (SSSR count). The van der Waals surface area contributed by atoms with Crippen LogP contribution >= 0.6 is 0 Å².